The third-order valence-corrected chi connectivity index (χ3v) is 2.38. The lowest BCUT2D eigenvalue weighted by Gasteiger charge is -2.03. The molecule has 84 valence electrons. The number of aliphatic hydroxyl groups is 1. The summed E-state index contributed by atoms with van der Waals surface area (Å²) >= 11 is 0. The third-order valence-electron chi connectivity index (χ3n) is 2.38. The normalized spacial score (nSPS) is 10.9. The fourth-order valence-corrected chi connectivity index (χ4v) is 1.55. The van der Waals surface area contributed by atoms with Crippen LogP contribution in [0, 0.1) is 0 Å². The molecule has 2 aromatic heterocycles. The number of hydrogen-bond acceptors (Lipinski definition) is 4. The molecule has 0 fully saturated rings. The molecule has 0 amide bonds. The van der Waals surface area contributed by atoms with Gasteiger partial charge in [0.05, 0.1) is 12.1 Å². The zero-order chi connectivity index (χ0) is 11.7. The standard InChI is InChI=1S/C10H11N3O3/c1-2-13-9(15)8-7(12-10(13)16)3-6(5-14)4-11-8/h3-4,14H,2,5H2,1H3,(H,12,16). The number of pyridine rings is 1. The predicted molar refractivity (Wildman–Crippen MR) is 58.2 cm³/mol. The highest BCUT2D eigenvalue weighted by Crippen LogP contribution is 2.05. The zero-order valence-corrected chi connectivity index (χ0v) is 8.73. The first kappa shape index (κ1) is 10.6. The number of nitrogens with one attached hydrogen (secondary N) is 1. The van der Waals surface area contributed by atoms with E-state index < -0.39 is 11.2 Å². The second kappa shape index (κ2) is 3.90. The Labute approximate surface area is 90.2 Å². The van der Waals surface area contributed by atoms with Crippen LogP contribution in [0.3, 0.4) is 0 Å². The fourth-order valence-electron chi connectivity index (χ4n) is 1.55. The Balaban J connectivity index is 2.87. The first-order chi connectivity index (χ1) is 7.67. The highest BCUT2D eigenvalue weighted by Gasteiger charge is 2.07. The summed E-state index contributed by atoms with van der Waals surface area (Å²) in [6.07, 6.45) is 1.42. The molecule has 16 heavy (non-hydrogen) atoms. The van der Waals surface area contributed by atoms with Crippen molar-refractivity contribution in [2.24, 2.45) is 0 Å². The van der Waals surface area contributed by atoms with Crippen molar-refractivity contribution in [3.05, 3.63) is 38.7 Å². The largest absolute Gasteiger partial charge is 0.392 e. The monoisotopic (exact) mass is 221 g/mol. The molecule has 0 aliphatic carbocycles. The first-order valence-electron chi connectivity index (χ1n) is 4.90. The third kappa shape index (κ3) is 1.53. The average molecular weight is 221 g/mol. The van der Waals surface area contributed by atoms with Gasteiger partial charge < -0.3 is 10.1 Å². The summed E-state index contributed by atoms with van der Waals surface area (Å²) in [6.45, 7) is 1.83. The van der Waals surface area contributed by atoms with Gasteiger partial charge in [0.15, 0.2) is 5.52 Å². The number of H-pyrrole nitrogens is 1. The van der Waals surface area contributed by atoms with Crippen LogP contribution in [0.4, 0.5) is 0 Å². The van der Waals surface area contributed by atoms with E-state index in [1.54, 1.807) is 13.0 Å². The van der Waals surface area contributed by atoms with Crippen molar-refractivity contribution in [2.45, 2.75) is 20.1 Å². The van der Waals surface area contributed by atoms with Crippen molar-refractivity contribution < 1.29 is 5.11 Å². The van der Waals surface area contributed by atoms with E-state index in [-0.39, 0.29) is 12.1 Å². The number of rotatable bonds is 2. The second-order valence-corrected chi connectivity index (χ2v) is 3.38. The van der Waals surface area contributed by atoms with Gasteiger partial charge >= 0.3 is 5.69 Å². The molecule has 0 aliphatic rings. The molecular formula is C10H11N3O3. The van der Waals surface area contributed by atoms with Gasteiger partial charge in [-0.25, -0.2) is 9.78 Å². The molecule has 0 bridgehead atoms. The van der Waals surface area contributed by atoms with E-state index in [9.17, 15) is 9.59 Å². The molecule has 0 saturated heterocycles. The summed E-state index contributed by atoms with van der Waals surface area (Å²) < 4.78 is 1.08. The lowest BCUT2D eigenvalue weighted by atomic mass is 10.2. The summed E-state index contributed by atoms with van der Waals surface area (Å²) in [5.41, 5.74) is 0.240. The molecule has 2 heterocycles. The van der Waals surface area contributed by atoms with Gasteiger partial charge in [0.1, 0.15) is 0 Å². The molecule has 2 N–H and O–H groups in total. The molecule has 0 unspecified atom stereocenters. The molecule has 0 atom stereocenters. The predicted octanol–water partition coefficient (Wildman–Crippen LogP) is -0.403. The van der Waals surface area contributed by atoms with Gasteiger partial charge in [-0.15, -0.1) is 0 Å². The topological polar surface area (TPSA) is 88.0 Å². The van der Waals surface area contributed by atoms with E-state index in [1.807, 2.05) is 0 Å². The van der Waals surface area contributed by atoms with Crippen LogP contribution in [0.15, 0.2) is 21.9 Å². The maximum absolute atomic E-state index is 11.8. The van der Waals surface area contributed by atoms with E-state index in [0.29, 0.717) is 17.6 Å². The Morgan fingerprint density at radius 2 is 2.25 bits per heavy atom. The number of aliphatic hydroxyl groups excluding tert-OH is 1. The number of hydrogen-bond donors (Lipinski definition) is 2. The number of aromatic nitrogens is 3. The highest BCUT2D eigenvalue weighted by molar-refractivity contribution is 5.72. The number of nitrogens with zero attached hydrogens (tertiary/aromatic N) is 2. The van der Waals surface area contributed by atoms with E-state index in [2.05, 4.69) is 9.97 Å². The number of fused-ring (bicyclic) bond motifs is 1. The first-order valence-corrected chi connectivity index (χ1v) is 4.90. The van der Waals surface area contributed by atoms with Crippen LogP contribution in [0.25, 0.3) is 11.0 Å². The minimum atomic E-state index is -0.461. The van der Waals surface area contributed by atoms with Crippen LogP contribution < -0.4 is 11.2 Å². The maximum Gasteiger partial charge on any atom is 0.328 e. The summed E-state index contributed by atoms with van der Waals surface area (Å²) in [7, 11) is 0. The quantitative estimate of drug-likeness (QED) is 0.722. The Morgan fingerprint density at radius 1 is 1.50 bits per heavy atom. The number of aromatic amines is 1. The molecule has 6 heteroatoms. The van der Waals surface area contributed by atoms with Crippen LogP contribution in [0.1, 0.15) is 12.5 Å². The summed E-state index contributed by atoms with van der Waals surface area (Å²) in [5, 5.41) is 8.92. The molecule has 0 saturated carbocycles. The average Bonchev–Trinajstić information content (AvgIpc) is 2.28. The van der Waals surface area contributed by atoms with Crippen molar-refractivity contribution in [3.63, 3.8) is 0 Å². The van der Waals surface area contributed by atoms with Gasteiger partial charge in [0, 0.05) is 12.7 Å². The van der Waals surface area contributed by atoms with E-state index >= 15 is 0 Å². The minimum Gasteiger partial charge on any atom is -0.392 e. The van der Waals surface area contributed by atoms with Crippen LogP contribution in [-0.2, 0) is 13.2 Å². The lowest BCUT2D eigenvalue weighted by molar-refractivity contribution is 0.281. The summed E-state index contributed by atoms with van der Waals surface area (Å²) in [6, 6.07) is 1.55. The smallest absolute Gasteiger partial charge is 0.328 e. The van der Waals surface area contributed by atoms with Crippen LogP contribution >= 0.6 is 0 Å². The Morgan fingerprint density at radius 3 is 2.88 bits per heavy atom. The highest BCUT2D eigenvalue weighted by atomic mass is 16.3. The Bertz CT molecular complexity index is 642. The van der Waals surface area contributed by atoms with Crippen LogP contribution in [0.2, 0.25) is 0 Å². The molecule has 2 aromatic rings. The lowest BCUT2D eigenvalue weighted by Crippen LogP contribution is -2.34. The fraction of sp³-hybridized carbons (Fsp3) is 0.300. The van der Waals surface area contributed by atoms with Gasteiger partial charge in [0.25, 0.3) is 5.56 Å². The van der Waals surface area contributed by atoms with E-state index in [1.165, 1.54) is 6.20 Å². The van der Waals surface area contributed by atoms with E-state index in [0.717, 1.165) is 4.57 Å². The van der Waals surface area contributed by atoms with Crippen LogP contribution in [-0.4, -0.2) is 19.6 Å². The molecule has 0 aliphatic heterocycles. The van der Waals surface area contributed by atoms with Crippen molar-refractivity contribution in [1.82, 2.24) is 14.5 Å². The molecule has 0 radical (unpaired) electrons. The van der Waals surface area contributed by atoms with Crippen molar-refractivity contribution >= 4 is 11.0 Å². The summed E-state index contributed by atoms with van der Waals surface area (Å²) in [4.78, 5) is 29.8. The SMILES string of the molecule is CCn1c(=O)[nH]c2cc(CO)cnc2c1=O. The molecule has 0 spiro atoms. The molecule has 2 rings (SSSR count). The van der Waals surface area contributed by atoms with Crippen molar-refractivity contribution in [3.8, 4) is 0 Å². The van der Waals surface area contributed by atoms with Gasteiger partial charge in [-0.3, -0.25) is 9.36 Å². The molecule has 6 nitrogen and oxygen atoms in total. The summed E-state index contributed by atoms with van der Waals surface area (Å²) in [5.74, 6) is 0. The van der Waals surface area contributed by atoms with Gasteiger partial charge in [-0.05, 0) is 18.6 Å². The van der Waals surface area contributed by atoms with Crippen molar-refractivity contribution in [1.29, 1.82) is 0 Å². The van der Waals surface area contributed by atoms with Crippen molar-refractivity contribution in [2.75, 3.05) is 0 Å². The molecular weight excluding hydrogens is 210 g/mol. The zero-order valence-electron chi connectivity index (χ0n) is 8.73. The van der Waals surface area contributed by atoms with Gasteiger partial charge in [-0.1, -0.05) is 0 Å². The Kier molecular flexibility index (Phi) is 2.57. The minimum absolute atomic E-state index is 0.179. The van der Waals surface area contributed by atoms with Crippen LogP contribution in [0.5, 0.6) is 0 Å². The van der Waals surface area contributed by atoms with Gasteiger partial charge in [-0.2, -0.15) is 0 Å². The maximum atomic E-state index is 11.8. The second-order valence-electron chi connectivity index (χ2n) is 3.38. The van der Waals surface area contributed by atoms with E-state index in [4.69, 9.17) is 5.11 Å². The van der Waals surface area contributed by atoms with Gasteiger partial charge in [0.2, 0.25) is 0 Å². The molecule has 0 aromatic carbocycles. The Hall–Kier alpha value is -1.95.